The molecular weight excluding hydrogens is 152 g/mol. The van der Waals surface area contributed by atoms with E-state index in [4.69, 9.17) is 15.9 Å². The molecule has 0 aliphatic heterocycles. The Hall–Kier alpha value is -1.25. The number of allylic oxidation sites excluding steroid dienone is 1. The molecule has 0 rings (SSSR count). The molecule has 0 aliphatic rings. The van der Waals surface area contributed by atoms with E-state index in [-0.39, 0.29) is 6.10 Å². The second-order valence-electron chi connectivity index (χ2n) is 2.83. The summed E-state index contributed by atoms with van der Waals surface area (Å²) in [7, 11) is 0. The van der Waals surface area contributed by atoms with Crippen LogP contribution in [0, 0.1) is 5.41 Å². The Bertz CT molecular complexity index is 217. The van der Waals surface area contributed by atoms with Crippen LogP contribution < -0.4 is 5.73 Å². The fourth-order valence-corrected chi connectivity index (χ4v) is 0.646. The highest BCUT2D eigenvalue weighted by Crippen LogP contribution is 2.09. The van der Waals surface area contributed by atoms with Crippen LogP contribution in [0.4, 0.5) is 0 Å². The average Bonchev–Trinajstić information content (AvgIpc) is 2.00. The summed E-state index contributed by atoms with van der Waals surface area (Å²) in [5, 5.41) is 6.96. The van der Waals surface area contributed by atoms with Crippen molar-refractivity contribution in [1.29, 1.82) is 5.41 Å². The van der Waals surface area contributed by atoms with Gasteiger partial charge in [0.15, 0.2) is 0 Å². The predicted molar refractivity (Wildman–Crippen MR) is 51.0 cm³/mol. The minimum absolute atomic E-state index is 0.0644. The molecule has 3 N–H and O–H groups in total. The van der Waals surface area contributed by atoms with Crippen molar-refractivity contribution in [3.63, 3.8) is 0 Å². The van der Waals surface area contributed by atoms with Crippen molar-refractivity contribution in [3.05, 3.63) is 23.6 Å². The van der Waals surface area contributed by atoms with Gasteiger partial charge in [0.2, 0.25) is 0 Å². The quantitative estimate of drug-likeness (QED) is 0.382. The molecule has 0 atom stereocenters. The maximum atomic E-state index is 6.96. The molecule has 68 valence electrons. The highest BCUT2D eigenvalue weighted by molar-refractivity contribution is 5.76. The first kappa shape index (κ1) is 10.8. The Morgan fingerprint density at radius 2 is 2.08 bits per heavy atom. The van der Waals surface area contributed by atoms with E-state index in [9.17, 15) is 0 Å². The molecule has 3 heteroatoms. The summed E-state index contributed by atoms with van der Waals surface area (Å²) in [6.45, 7) is 9.20. The summed E-state index contributed by atoms with van der Waals surface area (Å²) >= 11 is 0. The normalized spacial score (nSPS) is 12.3. The lowest BCUT2D eigenvalue weighted by molar-refractivity contribution is 0.155. The zero-order valence-corrected chi connectivity index (χ0v) is 7.85. The van der Waals surface area contributed by atoms with E-state index in [1.807, 2.05) is 13.8 Å². The molecule has 0 aromatic heterocycles. The third kappa shape index (κ3) is 3.23. The average molecular weight is 168 g/mol. The molecule has 0 unspecified atom stereocenters. The van der Waals surface area contributed by atoms with Crippen molar-refractivity contribution < 1.29 is 4.74 Å². The first-order valence-electron chi connectivity index (χ1n) is 3.81. The van der Waals surface area contributed by atoms with Gasteiger partial charge in [-0.1, -0.05) is 6.58 Å². The molecule has 0 bridgehead atoms. The van der Waals surface area contributed by atoms with Crippen LogP contribution in [0.15, 0.2) is 23.6 Å². The molecule has 0 fully saturated rings. The Morgan fingerprint density at radius 3 is 2.42 bits per heavy atom. The molecule has 0 aliphatic carbocycles. The largest absolute Gasteiger partial charge is 0.489 e. The molecule has 0 spiro atoms. The third-order valence-corrected chi connectivity index (χ3v) is 1.32. The molecule has 0 aromatic carbocycles. The molecule has 3 nitrogen and oxygen atoms in total. The second-order valence-corrected chi connectivity index (χ2v) is 2.83. The van der Waals surface area contributed by atoms with E-state index in [1.165, 1.54) is 6.21 Å². The molecule has 0 saturated carbocycles. The van der Waals surface area contributed by atoms with Crippen LogP contribution in [0.5, 0.6) is 0 Å². The summed E-state index contributed by atoms with van der Waals surface area (Å²) in [5.74, 6) is 0.436. The van der Waals surface area contributed by atoms with Gasteiger partial charge in [-0.25, -0.2) is 0 Å². The second kappa shape index (κ2) is 4.59. The van der Waals surface area contributed by atoms with Gasteiger partial charge >= 0.3 is 0 Å². The zero-order chi connectivity index (χ0) is 9.72. The molecular formula is C9H16N2O. The van der Waals surface area contributed by atoms with Crippen molar-refractivity contribution in [2.75, 3.05) is 0 Å². The van der Waals surface area contributed by atoms with E-state index < -0.39 is 0 Å². The highest BCUT2D eigenvalue weighted by atomic mass is 16.5. The van der Waals surface area contributed by atoms with Crippen LogP contribution in [0.25, 0.3) is 0 Å². The van der Waals surface area contributed by atoms with E-state index in [0.717, 1.165) is 0 Å². The van der Waals surface area contributed by atoms with Gasteiger partial charge in [-0.15, -0.1) is 0 Å². The summed E-state index contributed by atoms with van der Waals surface area (Å²) < 4.78 is 5.25. The van der Waals surface area contributed by atoms with Crippen LogP contribution in [0.3, 0.4) is 0 Å². The van der Waals surface area contributed by atoms with E-state index >= 15 is 0 Å². The first-order chi connectivity index (χ1) is 5.49. The number of nitrogens with one attached hydrogen (secondary N) is 1. The van der Waals surface area contributed by atoms with Crippen molar-refractivity contribution in [3.8, 4) is 0 Å². The van der Waals surface area contributed by atoms with Gasteiger partial charge in [-0.05, 0) is 26.3 Å². The van der Waals surface area contributed by atoms with Gasteiger partial charge in [-0.2, -0.15) is 0 Å². The Kier molecular flexibility index (Phi) is 4.11. The van der Waals surface area contributed by atoms with Gasteiger partial charge in [0.05, 0.1) is 11.8 Å². The van der Waals surface area contributed by atoms with Crippen LogP contribution >= 0.6 is 0 Å². The zero-order valence-electron chi connectivity index (χ0n) is 7.85. The van der Waals surface area contributed by atoms with E-state index in [0.29, 0.717) is 17.0 Å². The molecule has 0 aromatic rings. The number of nitrogens with two attached hydrogens (primary N) is 1. The predicted octanol–water partition coefficient (Wildman–Crippen LogP) is 1.81. The molecule has 0 heterocycles. The summed E-state index contributed by atoms with van der Waals surface area (Å²) in [4.78, 5) is 0. The lowest BCUT2D eigenvalue weighted by Crippen LogP contribution is -2.10. The summed E-state index contributed by atoms with van der Waals surface area (Å²) in [6, 6.07) is 0. The summed E-state index contributed by atoms with van der Waals surface area (Å²) in [6.07, 6.45) is 1.25. The Balaban J connectivity index is 4.39. The SMILES string of the molecule is C=C(OC(C)C)C(N)=C(C)C=N. The fraction of sp³-hybridized carbons (Fsp3) is 0.444. The molecule has 0 radical (unpaired) electrons. The highest BCUT2D eigenvalue weighted by Gasteiger charge is 2.03. The smallest absolute Gasteiger partial charge is 0.135 e. The lowest BCUT2D eigenvalue weighted by Gasteiger charge is -2.13. The molecule has 0 amide bonds. The molecule has 12 heavy (non-hydrogen) atoms. The van der Waals surface area contributed by atoms with Gasteiger partial charge in [0.25, 0.3) is 0 Å². The first-order valence-corrected chi connectivity index (χ1v) is 3.81. The van der Waals surface area contributed by atoms with Gasteiger partial charge in [0, 0.05) is 6.21 Å². The molecule has 0 saturated heterocycles. The minimum atomic E-state index is 0.0644. The Morgan fingerprint density at radius 1 is 1.58 bits per heavy atom. The van der Waals surface area contributed by atoms with Crippen molar-refractivity contribution >= 4 is 6.21 Å². The third-order valence-electron chi connectivity index (χ3n) is 1.32. The monoisotopic (exact) mass is 168 g/mol. The topological polar surface area (TPSA) is 59.1 Å². The Labute approximate surface area is 73.4 Å². The van der Waals surface area contributed by atoms with Crippen LogP contribution in [0.1, 0.15) is 20.8 Å². The minimum Gasteiger partial charge on any atom is -0.489 e. The van der Waals surface area contributed by atoms with E-state index in [1.54, 1.807) is 6.92 Å². The van der Waals surface area contributed by atoms with Crippen LogP contribution in [0.2, 0.25) is 0 Å². The van der Waals surface area contributed by atoms with Crippen molar-refractivity contribution in [2.24, 2.45) is 5.73 Å². The summed E-state index contributed by atoms with van der Waals surface area (Å²) in [5.41, 5.74) is 6.73. The lowest BCUT2D eigenvalue weighted by atomic mass is 10.2. The van der Waals surface area contributed by atoms with E-state index in [2.05, 4.69) is 6.58 Å². The number of hydrogen-bond acceptors (Lipinski definition) is 3. The van der Waals surface area contributed by atoms with Crippen molar-refractivity contribution in [2.45, 2.75) is 26.9 Å². The maximum Gasteiger partial charge on any atom is 0.135 e. The number of rotatable bonds is 4. The van der Waals surface area contributed by atoms with Gasteiger partial charge in [-0.3, -0.25) is 0 Å². The van der Waals surface area contributed by atoms with Gasteiger partial charge in [0.1, 0.15) is 5.76 Å². The fourth-order valence-electron chi connectivity index (χ4n) is 0.646. The van der Waals surface area contributed by atoms with Crippen molar-refractivity contribution in [1.82, 2.24) is 0 Å². The van der Waals surface area contributed by atoms with Gasteiger partial charge < -0.3 is 15.9 Å². The maximum absolute atomic E-state index is 6.96. The van der Waals surface area contributed by atoms with Crippen LogP contribution in [-0.2, 0) is 4.74 Å². The number of hydrogen-bond donors (Lipinski definition) is 2. The number of ether oxygens (including phenoxy) is 1. The van der Waals surface area contributed by atoms with Crippen LogP contribution in [-0.4, -0.2) is 12.3 Å². The standard InChI is InChI=1S/C9H16N2O/c1-6(2)12-8(4)9(11)7(3)5-10/h5-6,10H,4,11H2,1-3H3.